The Hall–Kier alpha value is -1.81. The highest BCUT2D eigenvalue weighted by atomic mass is 16.5. The van der Waals surface area contributed by atoms with E-state index in [2.05, 4.69) is 0 Å². The molecular formula is C11H13NO3. The van der Waals surface area contributed by atoms with Crippen molar-refractivity contribution in [2.75, 3.05) is 13.7 Å². The van der Waals surface area contributed by atoms with Crippen LogP contribution in [0.1, 0.15) is 15.9 Å². The molecule has 3 N–H and O–H groups in total. The summed E-state index contributed by atoms with van der Waals surface area (Å²) >= 11 is 0. The van der Waals surface area contributed by atoms with E-state index in [4.69, 9.17) is 15.6 Å². The summed E-state index contributed by atoms with van der Waals surface area (Å²) in [7, 11) is 1.44. The molecule has 0 fully saturated rings. The van der Waals surface area contributed by atoms with E-state index < -0.39 is 5.97 Å². The highest BCUT2D eigenvalue weighted by Gasteiger charge is 2.10. The van der Waals surface area contributed by atoms with Gasteiger partial charge in [-0.1, -0.05) is 18.2 Å². The molecule has 0 saturated carbocycles. The van der Waals surface area contributed by atoms with E-state index in [1.165, 1.54) is 7.11 Å². The number of aromatic carboxylic acids is 1. The fourth-order valence-corrected chi connectivity index (χ4v) is 1.20. The molecule has 4 nitrogen and oxygen atoms in total. The summed E-state index contributed by atoms with van der Waals surface area (Å²) in [5.41, 5.74) is 6.24. The van der Waals surface area contributed by atoms with Gasteiger partial charge in [-0.15, -0.1) is 0 Å². The first-order chi connectivity index (χ1) is 7.19. The molecule has 0 spiro atoms. The third-order valence-electron chi connectivity index (χ3n) is 1.90. The molecule has 0 aromatic heterocycles. The lowest BCUT2D eigenvalue weighted by Crippen LogP contribution is -2.00. The monoisotopic (exact) mass is 207 g/mol. The van der Waals surface area contributed by atoms with Crippen LogP contribution < -0.4 is 10.5 Å². The zero-order valence-corrected chi connectivity index (χ0v) is 8.43. The molecule has 0 saturated heterocycles. The molecule has 80 valence electrons. The van der Waals surface area contributed by atoms with Crippen LogP contribution in [0, 0.1) is 0 Å². The quantitative estimate of drug-likeness (QED) is 0.782. The minimum Gasteiger partial charge on any atom is -0.496 e. The topological polar surface area (TPSA) is 72.5 Å². The van der Waals surface area contributed by atoms with Gasteiger partial charge < -0.3 is 15.6 Å². The van der Waals surface area contributed by atoms with Crippen molar-refractivity contribution in [1.82, 2.24) is 0 Å². The fraction of sp³-hybridized carbons (Fsp3) is 0.182. The molecular weight excluding hydrogens is 194 g/mol. The second kappa shape index (κ2) is 5.17. The summed E-state index contributed by atoms with van der Waals surface area (Å²) in [4.78, 5) is 10.9. The number of carboxylic acids is 1. The molecule has 1 rings (SSSR count). The first-order valence-electron chi connectivity index (χ1n) is 4.47. The summed E-state index contributed by atoms with van der Waals surface area (Å²) < 4.78 is 4.94. The van der Waals surface area contributed by atoms with Crippen molar-refractivity contribution in [3.05, 3.63) is 35.4 Å². The fourth-order valence-electron chi connectivity index (χ4n) is 1.20. The predicted molar refractivity (Wildman–Crippen MR) is 58.0 cm³/mol. The van der Waals surface area contributed by atoms with Crippen LogP contribution in [-0.4, -0.2) is 24.7 Å². The van der Waals surface area contributed by atoms with Crippen LogP contribution in [0.3, 0.4) is 0 Å². The van der Waals surface area contributed by atoms with Gasteiger partial charge in [-0.2, -0.15) is 0 Å². The van der Waals surface area contributed by atoms with Crippen molar-refractivity contribution in [3.8, 4) is 5.75 Å². The average Bonchev–Trinajstić information content (AvgIpc) is 2.25. The Morgan fingerprint density at radius 1 is 1.60 bits per heavy atom. The summed E-state index contributed by atoms with van der Waals surface area (Å²) in [6.45, 7) is 0.425. The zero-order valence-electron chi connectivity index (χ0n) is 8.43. The molecule has 0 bridgehead atoms. The van der Waals surface area contributed by atoms with Crippen LogP contribution >= 0.6 is 0 Å². The van der Waals surface area contributed by atoms with E-state index in [1.807, 2.05) is 0 Å². The molecule has 0 atom stereocenters. The van der Waals surface area contributed by atoms with Gasteiger partial charge in [0, 0.05) is 6.54 Å². The van der Waals surface area contributed by atoms with E-state index in [-0.39, 0.29) is 5.56 Å². The van der Waals surface area contributed by atoms with Gasteiger partial charge in [0.05, 0.1) is 7.11 Å². The van der Waals surface area contributed by atoms with Crippen molar-refractivity contribution in [1.29, 1.82) is 0 Å². The van der Waals surface area contributed by atoms with E-state index in [0.29, 0.717) is 12.3 Å². The van der Waals surface area contributed by atoms with Crippen molar-refractivity contribution >= 4 is 12.0 Å². The third-order valence-corrected chi connectivity index (χ3v) is 1.90. The van der Waals surface area contributed by atoms with E-state index in [1.54, 1.807) is 30.4 Å². The molecule has 1 aromatic carbocycles. The molecule has 0 radical (unpaired) electrons. The number of carbonyl (C=O) groups is 1. The second-order valence-electron chi connectivity index (χ2n) is 2.90. The van der Waals surface area contributed by atoms with Gasteiger partial charge in [-0.25, -0.2) is 4.79 Å². The number of carboxylic acid groups (broad SMARTS) is 1. The third kappa shape index (κ3) is 2.82. The Morgan fingerprint density at radius 2 is 2.33 bits per heavy atom. The minimum absolute atomic E-state index is 0.150. The Morgan fingerprint density at radius 3 is 2.87 bits per heavy atom. The molecule has 15 heavy (non-hydrogen) atoms. The molecule has 0 unspecified atom stereocenters. The van der Waals surface area contributed by atoms with Crippen LogP contribution in [0.15, 0.2) is 24.3 Å². The Bertz CT molecular complexity index is 385. The normalized spacial score (nSPS) is 10.5. The summed E-state index contributed by atoms with van der Waals surface area (Å²) in [6, 6.07) is 4.95. The lowest BCUT2D eigenvalue weighted by Gasteiger charge is -2.05. The number of hydrogen-bond donors (Lipinski definition) is 2. The first-order valence-corrected chi connectivity index (χ1v) is 4.47. The van der Waals surface area contributed by atoms with E-state index >= 15 is 0 Å². The maximum Gasteiger partial charge on any atom is 0.339 e. The number of benzene rings is 1. The smallest absolute Gasteiger partial charge is 0.339 e. The highest BCUT2D eigenvalue weighted by molar-refractivity contribution is 5.91. The summed E-state index contributed by atoms with van der Waals surface area (Å²) in [5, 5.41) is 8.92. The number of nitrogens with two attached hydrogens (primary N) is 1. The van der Waals surface area contributed by atoms with Gasteiger partial charge in [0.15, 0.2) is 0 Å². The van der Waals surface area contributed by atoms with E-state index in [0.717, 1.165) is 5.56 Å². The SMILES string of the molecule is COc1ccc(C=CCN)cc1C(=O)O. The summed E-state index contributed by atoms with van der Waals surface area (Å²) in [5.74, 6) is -0.651. The number of ether oxygens (including phenoxy) is 1. The van der Waals surface area contributed by atoms with Crippen LogP contribution in [-0.2, 0) is 0 Å². The Balaban J connectivity index is 3.10. The Labute approximate surface area is 88.0 Å². The second-order valence-corrected chi connectivity index (χ2v) is 2.90. The number of hydrogen-bond acceptors (Lipinski definition) is 3. The zero-order chi connectivity index (χ0) is 11.3. The van der Waals surface area contributed by atoms with Crippen LogP contribution in [0.2, 0.25) is 0 Å². The van der Waals surface area contributed by atoms with E-state index in [9.17, 15) is 4.79 Å². The molecule has 0 heterocycles. The molecule has 4 heteroatoms. The van der Waals surface area contributed by atoms with Gasteiger partial charge in [-0.3, -0.25) is 0 Å². The standard InChI is InChI=1S/C11H13NO3/c1-15-10-5-4-8(3-2-6-12)7-9(10)11(13)14/h2-5,7H,6,12H2,1H3,(H,13,14). The minimum atomic E-state index is -1.00. The predicted octanol–water partition coefficient (Wildman–Crippen LogP) is 1.37. The van der Waals surface area contributed by atoms with Gasteiger partial charge >= 0.3 is 5.97 Å². The van der Waals surface area contributed by atoms with Crippen LogP contribution in [0.25, 0.3) is 6.08 Å². The molecule has 0 aliphatic rings. The van der Waals surface area contributed by atoms with Crippen LogP contribution in [0.4, 0.5) is 0 Å². The van der Waals surface area contributed by atoms with Crippen molar-refractivity contribution < 1.29 is 14.6 Å². The summed E-state index contributed by atoms with van der Waals surface area (Å²) in [6.07, 6.45) is 3.53. The number of rotatable bonds is 4. The van der Waals surface area contributed by atoms with Crippen molar-refractivity contribution in [3.63, 3.8) is 0 Å². The average molecular weight is 207 g/mol. The lowest BCUT2D eigenvalue weighted by molar-refractivity contribution is 0.0693. The Kier molecular flexibility index (Phi) is 3.88. The van der Waals surface area contributed by atoms with Gasteiger partial charge in [0.25, 0.3) is 0 Å². The molecule has 0 aliphatic carbocycles. The van der Waals surface area contributed by atoms with Gasteiger partial charge in [-0.05, 0) is 17.7 Å². The maximum absolute atomic E-state index is 10.9. The molecule has 1 aromatic rings. The van der Waals surface area contributed by atoms with Gasteiger partial charge in [0.2, 0.25) is 0 Å². The van der Waals surface area contributed by atoms with Gasteiger partial charge in [0.1, 0.15) is 11.3 Å². The van der Waals surface area contributed by atoms with Crippen molar-refractivity contribution in [2.45, 2.75) is 0 Å². The molecule has 0 amide bonds. The number of methoxy groups -OCH3 is 1. The maximum atomic E-state index is 10.9. The van der Waals surface area contributed by atoms with Crippen molar-refractivity contribution in [2.24, 2.45) is 5.73 Å². The molecule has 0 aliphatic heterocycles. The lowest BCUT2D eigenvalue weighted by atomic mass is 10.1. The highest BCUT2D eigenvalue weighted by Crippen LogP contribution is 2.20. The van der Waals surface area contributed by atoms with Crippen LogP contribution in [0.5, 0.6) is 5.75 Å². The largest absolute Gasteiger partial charge is 0.496 e. The first kappa shape index (κ1) is 11.3.